The lowest BCUT2D eigenvalue weighted by atomic mass is 9.97. The van der Waals surface area contributed by atoms with Gasteiger partial charge in [-0.15, -0.1) is 0 Å². The van der Waals surface area contributed by atoms with Gasteiger partial charge in [0.15, 0.2) is 5.82 Å². The third kappa shape index (κ3) is 6.82. The van der Waals surface area contributed by atoms with Gasteiger partial charge in [0.2, 0.25) is 0 Å². The van der Waals surface area contributed by atoms with Crippen molar-refractivity contribution in [3.05, 3.63) is 77.6 Å². The minimum atomic E-state index is -0.440. The number of morpholine rings is 1. The molecule has 1 aliphatic rings. The lowest BCUT2D eigenvalue weighted by molar-refractivity contribution is 0.0827. The van der Waals surface area contributed by atoms with E-state index in [9.17, 15) is 9.59 Å². The van der Waals surface area contributed by atoms with E-state index in [1.54, 1.807) is 63.6 Å². The van der Waals surface area contributed by atoms with E-state index < -0.39 is 17.8 Å². The Morgan fingerprint density at radius 1 is 1.02 bits per heavy atom. The SMILES string of the molecule is CNCC(C=N)c1cc2nc(-c3ccc(NC(=O)Nc4ccc(C(=O)N(C)C)cc4)cc3)nc(N3CCOCC3)c2cc1F. The average Bonchev–Trinajstić information content (AvgIpc) is 3.03. The van der Waals surface area contributed by atoms with Crippen molar-refractivity contribution < 1.29 is 18.7 Å². The van der Waals surface area contributed by atoms with E-state index in [0.29, 0.717) is 77.9 Å². The van der Waals surface area contributed by atoms with E-state index in [1.807, 2.05) is 12.1 Å². The molecule has 0 bridgehead atoms. The van der Waals surface area contributed by atoms with Crippen LogP contribution >= 0.6 is 0 Å². The van der Waals surface area contributed by atoms with Crippen LogP contribution in [0.25, 0.3) is 22.3 Å². The summed E-state index contributed by atoms with van der Waals surface area (Å²) in [5, 5.41) is 17.0. The highest BCUT2D eigenvalue weighted by Gasteiger charge is 2.22. The Labute approximate surface area is 254 Å². The maximum Gasteiger partial charge on any atom is 0.323 e. The Kier molecular flexibility index (Phi) is 9.41. The molecule has 1 aliphatic heterocycles. The normalized spacial score (nSPS) is 13.8. The fraction of sp³-hybridized carbons (Fsp3) is 0.281. The van der Waals surface area contributed by atoms with E-state index in [2.05, 4.69) is 20.9 Å². The number of anilines is 3. The molecule has 1 atom stereocenters. The zero-order valence-electron chi connectivity index (χ0n) is 24.9. The number of carbonyl (C=O) groups excluding carboxylic acids is 2. The second kappa shape index (κ2) is 13.6. The molecule has 3 aromatic carbocycles. The number of nitrogens with zero attached hydrogens (tertiary/aromatic N) is 4. The monoisotopic (exact) mass is 598 g/mol. The first-order valence-corrected chi connectivity index (χ1v) is 14.3. The topological polar surface area (TPSA) is 136 Å². The van der Waals surface area contributed by atoms with E-state index >= 15 is 4.39 Å². The van der Waals surface area contributed by atoms with Crippen LogP contribution in [0.3, 0.4) is 0 Å². The smallest absolute Gasteiger partial charge is 0.323 e. The number of hydrogen-bond acceptors (Lipinski definition) is 8. The second-order valence-electron chi connectivity index (χ2n) is 10.6. The molecule has 12 heteroatoms. The van der Waals surface area contributed by atoms with Crippen molar-refractivity contribution in [2.75, 3.05) is 69.5 Å². The van der Waals surface area contributed by atoms with Crippen molar-refractivity contribution in [2.24, 2.45) is 0 Å². The van der Waals surface area contributed by atoms with Gasteiger partial charge < -0.3 is 35.9 Å². The van der Waals surface area contributed by atoms with E-state index in [4.69, 9.17) is 20.1 Å². The molecule has 2 heterocycles. The molecule has 4 N–H and O–H groups in total. The Hall–Kier alpha value is -4.94. The van der Waals surface area contributed by atoms with Crippen molar-refractivity contribution in [1.82, 2.24) is 20.2 Å². The average molecular weight is 599 g/mol. The summed E-state index contributed by atoms with van der Waals surface area (Å²) in [6.07, 6.45) is 1.23. The first kappa shape index (κ1) is 30.5. The quantitative estimate of drug-likeness (QED) is 0.207. The van der Waals surface area contributed by atoms with Gasteiger partial charge in [0.1, 0.15) is 11.6 Å². The summed E-state index contributed by atoms with van der Waals surface area (Å²) in [6, 6.07) is 16.5. The summed E-state index contributed by atoms with van der Waals surface area (Å²) in [6.45, 7) is 2.74. The molecule has 3 amide bonds. The molecule has 1 aromatic heterocycles. The summed E-state index contributed by atoms with van der Waals surface area (Å²) in [4.78, 5) is 37.9. The van der Waals surface area contributed by atoms with E-state index in [0.717, 1.165) is 5.56 Å². The highest BCUT2D eigenvalue weighted by Crippen LogP contribution is 2.32. The summed E-state index contributed by atoms with van der Waals surface area (Å²) in [5.41, 5.74) is 3.33. The standard InChI is InChI=1S/C32H35FN8O3/c1-35-19-22(18-34)25-17-28-26(16-27(25)33)30(41-12-14-44-15-13-41)39-29(38-28)20-4-8-23(9-5-20)36-32(43)37-24-10-6-21(7-11-24)31(42)40(2)3/h4-11,16-18,22,34-35H,12-15,19H2,1-3H3,(H2,36,37,43). The molecule has 4 aromatic rings. The number of likely N-dealkylation sites (N-methyl/N-ethyl adjacent to an activating group) is 1. The van der Waals surface area contributed by atoms with Crippen LogP contribution in [0.1, 0.15) is 21.8 Å². The Balaban J connectivity index is 1.39. The number of urea groups is 1. The van der Waals surface area contributed by atoms with Crippen molar-refractivity contribution in [3.63, 3.8) is 0 Å². The Morgan fingerprint density at radius 3 is 2.25 bits per heavy atom. The third-order valence-electron chi connectivity index (χ3n) is 7.33. The van der Waals surface area contributed by atoms with Crippen molar-refractivity contribution in [1.29, 1.82) is 5.41 Å². The van der Waals surface area contributed by atoms with E-state index in [1.165, 1.54) is 17.2 Å². The molecule has 1 fully saturated rings. The minimum Gasteiger partial charge on any atom is -0.378 e. The molecule has 0 aliphatic carbocycles. The molecule has 0 spiro atoms. The van der Waals surface area contributed by atoms with Crippen molar-refractivity contribution in [2.45, 2.75) is 5.92 Å². The van der Waals surface area contributed by atoms with Crippen LogP contribution in [0.2, 0.25) is 0 Å². The first-order chi connectivity index (χ1) is 21.3. The van der Waals surface area contributed by atoms with Gasteiger partial charge in [-0.3, -0.25) is 4.79 Å². The van der Waals surface area contributed by atoms with E-state index in [-0.39, 0.29) is 5.91 Å². The zero-order valence-corrected chi connectivity index (χ0v) is 24.9. The number of fused-ring (bicyclic) bond motifs is 1. The number of ether oxygens (including phenoxy) is 1. The molecule has 228 valence electrons. The Bertz CT molecular complexity index is 1660. The summed E-state index contributed by atoms with van der Waals surface area (Å²) < 4.78 is 20.9. The molecule has 0 radical (unpaired) electrons. The van der Waals surface area contributed by atoms with Crippen molar-refractivity contribution >= 4 is 46.2 Å². The van der Waals surface area contributed by atoms with Gasteiger partial charge >= 0.3 is 6.03 Å². The number of rotatable bonds is 9. The second-order valence-corrected chi connectivity index (χ2v) is 10.6. The molecular weight excluding hydrogens is 563 g/mol. The number of halogens is 1. The number of carbonyl (C=O) groups is 2. The maximum absolute atomic E-state index is 15.3. The molecular formula is C32H35FN8O3. The molecule has 1 saturated heterocycles. The van der Waals surface area contributed by atoms with Crippen LogP contribution in [-0.2, 0) is 4.74 Å². The molecule has 0 saturated carbocycles. The number of aromatic nitrogens is 2. The van der Waals surface area contributed by atoms with Crippen LogP contribution in [0.15, 0.2) is 60.7 Å². The zero-order chi connectivity index (χ0) is 31.2. The maximum atomic E-state index is 15.3. The third-order valence-corrected chi connectivity index (χ3v) is 7.33. The van der Waals surface area contributed by atoms with Crippen molar-refractivity contribution in [3.8, 4) is 11.4 Å². The number of nitrogens with one attached hydrogen (secondary N) is 4. The number of amides is 3. The van der Waals surface area contributed by atoms with Gasteiger partial charge in [0.25, 0.3) is 5.91 Å². The Morgan fingerprint density at radius 2 is 1.66 bits per heavy atom. The van der Waals surface area contributed by atoms with Crippen LogP contribution in [0, 0.1) is 11.2 Å². The van der Waals surface area contributed by atoms with Gasteiger partial charge in [-0.25, -0.2) is 19.2 Å². The fourth-order valence-electron chi connectivity index (χ4n) is 5.01. The van der Waals surface area contributed by atoms with Gasteiger partial charge in [-0.1, -0.05) is 0 Å². The molecule has 1 unspecified atom stereocenters. The minimum absolute atomic E-state index is 0.120. The van der Waals surface area contributed by atoms with Gasteiger partial charge in [0, 0.05) is 73.8 Å². The predicted molar refractivity (Wildman–Crippen MR) is 171 cm³/mol. The number of benzene rings is 3. The summed E-state index contributed by atoms with van der Waals surface area (Å²) >= 11 is 0. The molecule has 5 rings (SSSR count). The molecule has 44 heavy (non-hydrogen) atoms. The van der Waals surface area contributed by atoms with Crippen LogP contribution in [0.4, 0.5) is 26.4 Å². The number of hydrogen-bond donors (Lipinski definition) is 4. The highest BCUT2D eigenvalue weighted by molar-refractivity contribution is 6.00. The van der Waals surface area contributed by atoms with Gasteiger partial charge in [0.05, 0.1) is 18.7 Å². The lowest BCUT2D eigenvalue weighted by Gasteiger charge is -2.29. The van der Waals surface area contributed by atoms with Crippen LogP contribution < -0.4 is 20.9 Å². The lowest BCUT2D eigenvalue weighted by Crippen LogP contribution is -2.37. The predicted octanol–water partition coefficient (Wildman–Crippen LogP) is 4.57. The van der Waals surface area contributed by atoms with Gasteiger partial charge in [-0.05, 0) is 73.3 Å². The first-order valence-electron chi connectivity index (χ1n) is 14.3. The summed E-state index contributed by atoms with van der Waals surface area (Å²) in [7, 11) is 5.13. The largest absolute Gasteiger partial charge is 0.378 e. The highest BCUT2D eigenvalue weighted by atomic mass is 19.1. The fourth-order valence-corrected chi connectivity index (χ4v) is 5.01. The van der Waals surface area contributed by atoms with Crippen LogP contribution in [0.5, 0.6) is 0 Å². The van der Waals surface area contributed by atoms with Gasteiger partial charge in [-0.2, -0.15) is 0 Å². The summed E-state index contributed by atoms with van der Waals surface area (Å²) in [5.74, 6) is 0.118. The molecule has 11 nitrogen and oxygen atoms in total. The van der Waals surface area contributed by atoms with Crippen LogP contribution in [-0.4, -0.2) is 87.0 Å².